The second-order valence-electron chi connectivity index (χ2n) is 5.54. The summed E-state index contributed by atoms with van der Waals surface area (Å²) >= 11 is 1.74. The maximum atomic E-state index is 14.4. The molecule has 1 atom stereocenters. The second-order valence-corrected chi connectivity index (χ2v) is 6.54. The number of methoxy groups -OCH3 is 1. The minimum Gasteiger partial charge on any atom is -0.468 e. The molecule has 0 saturated carbocycles. The Morgan fingerprint density at radius 2 is 2.23 bits per heavy atom. The number of aryl methyl sites for hydroxylation is 1. The molecular formula is C17H18FNO2S. The topological polar surface area (TPSA) is 29.5 Å². The van der Waals surface area contributed by atoms with Crippen molar-refractivity contribution in [3.05, 3.63) is 57.0 Å². The molecule has 0 amide bonds. The van der Waals surface area contributed by atoms with Crippen LogP contribution in [0.2, 0.25) is 0 Å². The highest BCUT2D eigenvalue weighted by Gasteiger charge is 2.33. The van der Waals surface area contributed by atoms with Crippen LogP contribution in [0, 0.1) is 12.7 Å². The Bertz CT molecular complexity index is 698. The van der Waals surface area contributed by atoms with Crippen LogP contribution in [0.15, 0.2) is 29.6 Å². The molecule has 1 aromatic heterocycles. The zero-order valence-corrected chi connectivity index (χ0v) is 13.5. The zero-order valence-electron chi connectivity index (χ0n) is 12.6. The predicted octanol–water partition coefficient (Wildman–Crippen LogP) is 3.47. The van der Waals surface area contributed by atoms with Crippen LogP contribution in [0.1, 0.15) is 27.6 Å². The summed E-state index contributed by atoms with van der Waals surface area (Å²) in [6, 6.07) is 6.36. The van der Waals surface area contributed by atoms with E-state index >= 15 is 0 Å². The van der Waals surface area contributed by atoms with E-state index in [1.165, 1.54) is 23.6 Å². The normalized spacial score (nSPS) is 16.1. The van der Waals surface area contributed by atoms with Crippen molar-refractivity contribution < 1.29 is 13.9 Å². The van der Waals surface area contributed by atoms with Gasteiger partial charge in [-0.3, -0.25) is 4.90 Å². The lowest BCUT2D eigenvalue weighted by Gasteiger charge is -2.33. The van der Waals surface area contributed by atoms with Crippen molar-refractivity contribution in [3.8, 4) is 0 Å². The Balaban J connectivity index is 1.96. The number of hydrogen-bond donors (Lipinski definition) is 0. The van der Waals surface area contributed by atoms with Crippen molar-refractivity contribution in [2.24, 2.45) is 0 Å². The van der Waals surface area contributed by atoms with E-state index in [2.05, 4.69) is 11.4 Å². The van der Waals surface area contributed by atoms with Crippen LogP contribution >= 0.6 is 11.3 Å². The molecular weight excluding hydrogens is 301 g/mol. The van der Waals surface area contributed by atoms with E-state index in [0.717, 1.165) is 18.5 Å². The van der Waals surface area contributed by atoms with Crippen LogP contribution in [-0.2, 0) is 22.5 Å². The molecule has 116 valence electrons. The molecule has 0 aliphatic carbocycles. The summed E-state index contributed by atoms with van der Waals surface area (Å²) in [6.07, 6.45) is 0.883. The number of nitrogens with zero attached hydrogens (tertiary/aromatic N) is 1. The fraction of sp³-hybridized carbons (Fsp3) is 0.353. The van der Waals surface area contributed by atoms with Gasteiger partial charge in [0.15, 0.2) is 0 Å². The summed E-state index contributed by atoms with van der Waals surface area (Å²) in [7, 11) is 1.35. The Morgan fingerprint density at radius 3 is 2.95 bits per heavy atom. The SMILES string of the molecule is COC(=O)[C@H](c1ccc(C)cc1F)N1CCc2sccc2C1. The molecule has 1 aliphatic heterocycles. The average molecular weight is 319 g/mol. The van der Waals surface area contributed by atoms with Gasteiger partial charge >= 0.3 is 5.97 Å². The third kappa shape index (κ3) is 2.78. The first kappa shape index (κ1) is 15.2. The molecule has 0 unspecified atom stereocenters. The van der Waals surface area contributed by atoms with Gasteiger partial charge in [-0.1, -0.05) is 12.1 Å². The summed E-state index contributed by atoms with van der Waals surface area (Å²) in [5, 5.41) is 2.06. The van der Waals surface area contributed by atoms with Crippen LogP contribution in [0.25, 0.3) is 0 Å². The standard InChI is InChI=1S/C17H18FNO2S/c1-11-3-4-13(14(18)9-11)16(17(20)21-2)19-7-5-15-12(10-19)6-8-22-15/h3-4,6,8-9,16H,5,7,10H2,1-2H3/t16-/m0/s1. The maximum Gasteiger partial charge on any atom is 0.327 e. The van der Waals surface area contributed by atoms with Crippen LogP contribution < -0.4 is 0 Å². The Hall–Kier alpha value is -1.72. The number of benzene rings is 1. The van der Waals surface area contributed by atoms with Crippen molar-refractivity contribution in [2.45, 2.75) is 25.9 Å². The highest BCUT2D eigenvalue weighted by atomic mass is 32.1. The number of ether oxygens (including phenoxy) is 1. The first-order valence-corrected chi connectivity index (χ1v) is 8.11. The number of carbonyl (C=O) groups is 1. The molecule has 0 fully saturated rings. The van der Waals surface area contributed by atoms with Crippen molar-refractivity contribution >= 4 is 17.3 Å². The van der Waals surface area contributed by atoms with Gasteiger partial charge in [0.1, 0.15) is 11.9 Å². The number of hydrogen-bond acceptors (Lipinski definition) is 4. The number of fused-ring (bicyclic) bond motifs is 1. The third-order valence-corrected chi connectivity index (χ3v) is 5.10. The number of rotatable bonds is 3. The first-order valence-electron chi connectivity index (χ1n) is 7.23. The largest absolute Gasteiger partial charge is 0.468 e. The summed E-state index contributed by atoms with van der Waals surface area (Å²) in [4.78, 5) is 15.6. The fourth-order valence-corrected chi connectivity index (χ4v) is 3.82. The summed E-state index contributed by atoms with van der Waals surface area (Å²) in [6.45, 7) is 3.20. The van der Waals surface area contributed by atoms with Crippen molar-refractivity contribution in [1.82, 2.24) is 4.90 Å². The Labute approximate surface area is 133 Å². The molecule has 3 nitrogen and oxygen atoms in total. The number of halogens is 1. The van der Waals surface area contributed by atoms with Gasteiger partial charge in [-0.25, -0.2) is 9.18 Å². The Morgan fingerprint density at radius 1 is 1.41 bits per heavy atom. The molecule has 0 N–H and O–H groups in total. The van der Waals surface area contributed by atoms with Gasteiger partial charge in [0.05, 0.1) is 7.11 Å². The van der Waals surface area contributed by atoms with Crippen LogP contribution in [0.3, 0.4) is 0 Å². The number of carbonyl (C=O) groups excluding carboxylic acids is 1. The molecule has 0 bridgehead atoms. The molecule has 3 rings (SSSR count). The van der Waals surface area contributed by atoms with Crippen molar-refractivity contribution in [1.29, 1.82) is 0 Å². The lowest BCUT2D eigenvalue weighted by molar-refractivity contribution is -0.147. The van der Waals surface area contributed by atoms with Crippen LogP contribution in [0.5, 0.6) is 0 Å². The van der Waals surface area contributed by atoms with Gasteiger partial charge in [-0.15, -0.1) is 11.3 Å². The molecule has 1 aromatic carbocycles. The van der Waals surface area contributed by atoms with E-state index in [1.54, 1.807) is 17.4 Å². The van der Waals surface area contributed by atoms with Gasteiger partial charge in [0.25, 0.3) is 0 Å². The average Bonchev–Trinajstić information content (AvgIpc) is 2.97. The molecule has 2 heterocycles. The van der Waals surface area contributed by atoms with E-state index in [9.17, 15) is 9.18 Å². The lowest BCUT2D eigenvalue weighted by Crippen LogP contribution is -2.38. The van der Waals surface area contributed by atoms with Gasteiger partial charge in [0, 0.05) is 23.5 Å². The lowest BCUT2D eigenvalue weighted by atomic mass is 9.99. The van der Waals surface area contributed by atoms with Gasteiger partial charge in [0.2, 0.25) is 0 Å². The predicted molar refractivity (Wildman–Crippen MR) is 84.3 cm³/mol. The van der Waals surface area contributed by atoms with Gasteiger partial charge in [-0.05, 0) is 42.0 Å². The fourth-order valence-electron chi connectivity index (χ4n) is 2.93. The van der Waals surface area contributed by atoms with E-state index in [4.69, 9.17) is 4.74 Å². The van der Waals surface area contributed by atoms with E-state index in [-0.39, 0.29) is 5.82 Å². The monoisotopic (exact) mass is 319 g/mol. The molecule has 0 spiro atoms. The van der Waals surface area contributed by atoms with Gasteiger partial charge in [-0.2, -0.15) is 0 Å². The number of esters is 1. The summed E-state index contributed by atoms with van der Waals surface area (Å²) in [5.41, 5.74) is 2.44. The van der Waals surface area contributed by atoms with Gasteiger partial charge < -0.3 is 4.74 Å². The highest BCUT2D eigenvalue weighted by Crippen LogP contribution is 2.32. The van der Waals surface area contributed by atoms with E-state index < -0.39 is 12.0 Å². The molecule has 0 saturated heterocycles. The molecule has 1 aliphatic rings. The van der Waals surface area contributed by atoms with Crippen molar-refractivity contribution in [2.75, 3.05) is 13.7 Å². The smallest absolute Gasteiger partial charge is 0.327 e. The molecule has 22 heavy (non-hydrogen) atoms. The third-order valence-electron chi connectivity index (χ3n) is 4.08. The van der Waals surface area contributed by atoms with E-state index in [1.807, 2.05) is 17.9 Å². The quantitative estimate of drug-likeness (QED) is 0.811. The Kier molecular flexibility index (Phi) is 4.27. The van der Waals surface area contributed by atoms with Crippen LogP contribution in [-0.4, -0.2) is 24.5 Å². The molecule has 2 aromatic rings. The molecule has 5 heteroatoms. The zero-order chi connectivity index (χ0) is 15.7. The number of thiophene rings is 1. The van der Waals surface area contributed by atoms with Crippen molar-refractivity contribution in [3.63, 3.8) is 0 Å². The molecule has 0 radical (unpaired) electrons. The van der Waals surface area contributed by atoms with Crippen LogP contribution in [0.4, 0.5) is 4.39 Å². The minimum absolute atomic E-state index is 0.355. The minimum atomic E-state index is -0.696. The first-order chi connectivity index (χ1) is 10.6. The van der Waals surface area contributed by atoms with E-state index in [0.29, 0.717) is 12.1 Å². The maximum absolute atomic E-state index is 14.4. The highest BCUT2D eigenvalue weighted by molar-refractivity contribution is 7.10. The second kappa shape index (κ2) is 6.18. The summed E-state index contributed by atoms with van der Waals surface area (Å²) in [5.74, 6) is -0.770. The summed E-state index contributed by atoms with van der Waals surface area (Å²) < 4.78 is 19.3.